The first-order chi connectivity index (χ1) is 13.7. The summed E-state index contributed by atoms with van der Waals surface area (Å²) in [5, 5.41) is 6.46. The highest BCUT2D eigenvalue weighted by molar-refractivity contribution is 5.81. The van der Waals surface area contributed by atoms with Crippen LogP contribution in [-0.4, -0.2) is 52.5 Å². The number of carbonyl (C=O) groups excluding carboxylic acids is 1. The summed E-state index contributed by atoms with van der Waals surface area (Å²) in [6.45, 7) is 6.15. The standard InChI is InChI=1S/C21H28N6O/c1-2-23-20(26-10-5-8-21(15-26)12-19(28)25-14-21)24-13-17-6-3-4-7-18(17)27-11-9-22-16-27/h3-4,6-7,9,11,16H,2,5,8,10,12-15H2,1H3,(H,23,24)(H,25,28). The van der Waals surface area contributed by atoms with Gasteiger partial charge in [-0.15, -0.1) is 0 Å². The van der Waals surface area contributed by atoms with Crippen LogP contribution in [0.2, 0.25) is 0 Å². The fraction of sp³-hybridized carbons (Fsp3) is 0.476. The number of para-hydroxylation sites is 1. The number of likely N-dealkylation sites (tertiary alicyclic amines) is 1. The number of carbonyl (C=O) groups is 1. The fourth-order valence-electron chi connectivity index (χ4n) is 4.31. The molecule has 0 saturated carbocycles. The summed E-state index contributed by atoms with van der Waals surface area (Å²) in [7, 11) is 0. The first-order valence-electron chi connectivity index (χ1n) is 10.1. The Balaban J connectivity index is 1.54. The molecule has 2 aliphatic rings. The van der Waals surface area contributed by atoms with Crippen LogP contribution in [0, 0.1) is 5.41 Å². The highest BCUT2D eigenvalue weighted by atomic mass is 16.1. The molecule has 148 valence electrons. The van der Waals surface area contributed by atoms with Crippen molar-refractivity contribution in [3.05, 3.63) is 48.5 Å². The Kier molecular flexibility index (Phi) is 5.32. The first kappa shape index (κ1) is 18.5. The van der Waals surface area contributed by atoms with Gasteiger partial charge >= 0.3 is 0 Å². The van der Waals surface area contributed by atoms with Crippen molar-refractivity contribution < 1.29 is 4.79 Å². The number of benzene rings is 1. The van der Waals surface area contributed by atoms with Crippen LogP contribution < -0.4 is 10.6 Å². The summed E-state index contributed by atoms with van der Waals surface area (Å²) in [5.41, 5.74) is 2.31. The molecule has 28 heavy (non-hydrogen) atoms. The van der Waals surface area contributed by atoms with Gasteiger partial charge in [-0.2, -0.15) is 0 Å². The molecule has 2 N–H and O–H groups in total. The van der Waals surface area contributed by atoms with Crippen molar-refractivity contribution in [2.24, 2.45) is 10.4 Å². The molecule has 0 aliphatic carbocycles. The lowest BCUT2D eigenvalue weighted by molar-refractivity contribution is -0.119. The first-order valence-corrected chi connectivity index (χ1v) is 10.1. The van der Waals surface area contributed by atoms with E-state index < -0.39 is 0 Å². The van der Waals surface area contributed by atoms with Gasteiger partial charge in [0.1, 0.15) is 0 Å². The summed E-state index contributed by atoms with van der Waals surface area (Å²) in [4.78, 5) is 23.2. The minimum Gasteiger partial charge on any atom is -0.357 e. The van der Waals surface area contributed by atoms with Gasteiger partial charge in [-0.3, -0.25) is 4.79 Å². The predicted octanol–water partition coefficient (Wildman–Crippen LogP) is 1.94. The van der Waals surface area contributed by atoms with Crippen molar-refractivity contribution in [2.45, 2.75) is 32.7 Å². The maximum absolute atomic E-state index is 11.8. The second kappa shape index (κ2) is 8.04. The van der Waals surface area contributed by atoms with E-state index in [9.17, 15) is 4.79 Å². The van der Waals surface area contributed by atoms with Crippen molar-refractivity contribution >= 4 is 11.9 Å². The minimum atomic E-state index is 0.0558. The summed E-state index contributed by atoms with van der Waals surface area (Å²) in [6.07, 6.45) is 8.37. The molecule has 1 aromatic carbocycles. The number of piperidine rings is 1. The number of rotatable bonds is 4. The third-order valence-electron chi connectivity index (χ3n) is 5.67. The van der Waals surface area contributed by atoms with Crippen molar-refractivity contribution in [3.8, 4) is 5.69 Å². The average molecular weight is 380 g/mol. The monoisotopic (exact) mass is 380 g/mol. The Labute approximate surface area is 165 Å². The van der Waals surface area contributed by atoms with Crippen molar-refractivity contribution in [2.75, 3.05) is 26.2 Å². The smallest absolute Gasteiger partial charge is 0.220 e. The molecule has 1 amide bonds. The lowest BCUT2D eigenvalue weighted by Gasteiger charge is -2.40. The SMILES string of the molecule is CCNC(=NCc1ccccc1-n1ccnc1)N1CCCC2(CNC(=O)C2)C1. The zero-order valence-electron chi connectivity index (χ0n) is 16.4. The Morgan fingerprint density at radius 1 is 1.39 bits per heavy atom. The Bertz CT molecular complexity index is 846. The zero-order valence-corrected chi connectivity index (χ0v) is 16.4. The number of guanidine groups is 1. The van der Waals surface area contributed by atoms with Crippen LogP contribution in [0.15, 0.2) is 48.0 Å². The maximum Gasteiger partial charge on any atom is 0.220 e. The number of amides is 1. The van der Waals surface area contributed by atoms with Crippen LogP contribution >= 0.6 is 0 Å². The van der Waals surface area contributed by atoms with E-state index in [0.29, 0.717) is 13.0 Å². The van der Waals surface area contributed by atoms with E-state index in [0.717, 1.165) is 56.2 Å². The van der Waals surface area contributed by atoms with E-state index in [4.69, 9.17) is 4.99 Å². The lowest BCUT2D eigenvalue weighted by Crippen LogP contribution is -2.51. The van der Waals surface area contributed by atoms with Gasteiger partial charge in [-0.1, -0.05) is 18.2 Å². The molecule has 0 bridgehead atoms. The van der Waals surface area contributed by atoms with E-state index in [2.05, 4.69) is 39.6 Å². The molecule has 1 unspecified atom stereocenters. The predicted molar refractivity (Wildman–Crippen MR) is 109 cm³/mol. The molecule has 3 heterocycles. The van der Waals surface area contributed by atoms with Crippen molar-refractivity contribution in [3.63, 3.8) is 0 Å². The lowest BCUT2D eigenvalue weighted by atomic mass is 9.79. The molecule has 7 heteroatoms. The second-order valence-corrected chi connectivity index (χ2v) is 7.75. The van der Waals surface area contributed by atoms with Crippen LogP contribution in [0.25, 0.3) is 5.69 Å². The van der Waals surface area contributed by atoms with Gasteiger partial charge in [0.2, 0.25) is 5.91 Å². The van der Waals surface area contributed by atoms with E-state index in [1.54, 1.807) is 6.20 Å². The Morgan fingerprint density at radius 3 is 3.04 bits per heavy atom. The molecule has 4 rings (SSSR count). The van der Waals surface area contributed by atoms with Crippen molar-refractivity contribution in [1.29, 1.82) is 0 Å². The van der Waals surface area contributed by atoms with Gasteiger partial charge < -0.3 is 20.1 Å². The number of aromatic nitrogens is 2. The summed E-state index contributed by atoms with van der Waals surface area (Å²) in [6, 6.07) is 8.28. The van der Waals surface area contributed by atoms with Gasteiger partial charge in [0.25, 0.3) is 0 Å². The van der Waals surface area contributed by atoms with Crippen LogP contribution in [-0.2, 0) is 11.3 Å². The second-order valence-electron chi connectivity index (χ2n) is 7.75. The molecular weight excluding hydrogens is 352 g/mol. The quantitative estimate of drug-likeness (QED) is 0.628. The number of nitrogens with one attached hydrogen (secondary N) is 2. The molecule has 2 aromatic rings. The van der Waals surface area contributed by atoms with Gasteiger partial charge in [-0.05, 0) is 31.4 Å². The topological polar surface area (TPSA) is 74.6 Å². The molecule has 2 fully saturated rings. The van der Waals surface area contributed by atoms with Crippen LogP contribution in [0.3, 0.4) is 0 Å². The minimum absolute atomic E-state index is 0.0558. The Morgan fingerprint density at radius 2 is 2.29 bits per heavy atom. The summed E-state index contributed by atoms with van der Waals surface area (Å²) < 4.78 is 2.02. The molecule has 1 spiro atoms. The van der Waals surface area contributed by atoms with Gasteiger partial charge in [-0.25, -0.2) is 9.98 Å². The van der Waals surface area contributed by atoms with E-state index in [1.165, 1.54) is 0 Å². The third kappa shape index (κ3) is 3.88. The van der Waals surface area contributed by atoms with Crippen LogP contribution in [0.5, 0.6) is 0 Å². The van der Waals surface area contributed by atoms with Crippen LogP contribution in [0.1, 0.15) is 31.7 Å². The highest BCUT2D eigenvalue weighted by Gasteiger charge is 2.42. The number of hydrogen-bond donors (Lipinski definition) is 2. The Hall–Kier alpha value is -2.83. The normalized spacial score (nSPS) is 22.5. The van der Waals surface area contributed by atoms with Crippen molar-refractivity contribution in [1.82, 2.24) is 25.1 Å². The molecular formula is C21H28N6O. The van der Waals surface area contributed by atoms with Gasteiger partial charge in [0, 0.05) is 50.4 Å². The molecule has 2 aliphatic heterocycles. The zero-order chi connectivity index (χ0) is 19.4. The number of nitrogens with zero attached hydrogens (tertiary/aromatic N) is 4. The molecule has 2 saturated heterocycles. The van der Waals surface area contributed by atoms with Gasteiger partial charge in [0.15, 0.2) is 5.96 Å². The number of hydrogen-bond acceptors (Lipinski definition) is 3. The third-order valence-corrected chi connectivity index (χ3v) is 5.67. The van der Waals surface area contributed by atoms with Gasteiger partial charge in [0.05, 0.1) is 18.6 Å². The van der Waals surface area contributed by atoms with E-state index in [-0.39, 0.29) is 11.3 Å². The fourth-order valence-corrected chi connectivity index (χ4v) is 4.31. The molecule has 1 atom stereocenters. The molecule has 7 nitrogen and oxygen atoms in total. The largest absolute Gasteiger partial charge is 0.357 e. The molecule has 0 radical (unpaired) electrons. The maximum atomic E-state index is 11.8. The van der Waals surface area contributed by atoms with E-state index >= 15 is 0 Å². The number of aliphatic imine (C=N–C) groups is 1. The molecule has 1 aromatic heterocycles. The summed E-state index contributed by atoms with van der Waals surface area (Å²) in [5.74, 6) is 1.11. The van der Waals surface area contributed by atoms with E-state index in [1.807, 2.05) is 29.2 Å². The highest BCUT2D eigenvalue weighted by Crippen LogP contribution is 2.36. The summed E-state index contributed by atoms with van der Waals surface area (Å²) >= 11 is 0. The number of imidazole rings is 1. The van der Waals surface area contributed by atoms with Crippen LogP contribution in [0.4, 0.5) is 0 Å². The average Bonchev–Trinajstić information content (AvgIpc) is 3.36.